The van der Waals surface area contributed by atoms with Crippen LogP contribution in [0.5, 0.6) is 0 Å². The van der Waals surface area contributed by atoms with Crippen LogP contribution >= 0.6 is 0 Å². The highest BCUT2D eigenvalue weighted by Crippen LogP contribution is 2.11. The Balaban J connectivity index is 2.51. The van der Waals surface area contributed by atoms with E-state index in [1.807, 2.05) is 6.07 Å². The van der Waals surface area contributed by atoms with Gasteiger partial charge >= 0.3 is 0 Å². The number of hydrogen-bond acceptors (Lipinski definition) is 4. The second-order valence-electron chi connectivity index (χ2n) is 4.21. The quantitative estimate of drug-likeness (QED) is 0.592. The van der Waals surface area contributed by atoms with Gasteiger partial charge in [-0.2, -0.15) is 5.26 Å². The van der Waals surface area contributed by atoms with Crippen LogP contribution in [0.15, 0.2) is 0 Å². The van der Waals surface area contributed by atoms with Gasteiger partial charge in [0.1, 0.15) is 6.54 Å². The summed E-state index contributed by atoms with van der Waals surface area (Å²) in [6.07, 6.45) is 0. The molecule has 16 heavy (non-hydrogen) atoms. The molecule has 1 saturated heterocycles. The highest BCUT2D eigenvalue weighted by Gasteiger charge is 2.35. The van der Waals surface area contributed by atoms with Crippen molar-refractivity contribution >= 4 is 11.8 Å². The molecule has 0 spiro atoms. The average molecular weight is 224 g/mol. The summed E-state index contributed by atoms with van der Waals surface area (Å²) in [6.45, 7) is 4.75. The molecule has 1 fully saturated rings. The summed E-state index contributed by atoms with van der Waals surface area (Å²) < 4.78 is 0. The lowest BCUT2D eigenvalue weighted by Gasteiger charge is -2.37. The Morgan fingerprint density at radius 2 is 2.38 bits per heavy atom. The van der Waals surface area contributed by atoms with Crippen LogP contribution in [-0.2, 0) is 9.59 Å². The van der Waals surface area contributed by atoms with E-state index in [4.69, 9.17) is 5.26 Å². The van der Waals surface area contributed by atoms with E-state index in [1.54, 1.807) is 13.8 Å². The lowest BCUT2D eigenvalue weighted by atomic mass is 10.0. The van der Waals surface area contributed by atoms with Crippen LogP contribution in [0.2, 0.25) is 0 Å². The van der Waals surface area contributed by atoms with E-state index in [0.29, 0.717) is 13.1 Å². The Bertz CT molecular complexity index is 332. The second-order valence-corrected chi connectivity index (χ2v) is 4.21. The monoisotopic (exact) mass is 224 g/mol. The number of nitrogens with one attached hydrogen (secondary N) is 2. The standard InChI is InChI=1S/C10H16N4O2/c1-10(2)9(16)14(6-5-13-10)7-8(15)12-4-3-11/h13H,4-7H2,1-2H3,(H,12,15). The van der Waals surface area contributed by atoms with E-state index in [0.717, 1.165) is 0 Å². The van der Waals surface area contributed by atoms with Crippen molar-refractivity contribution in [3.8, 4) is 6.07 Å². The highest BCUT2D eigenvalue weighted by molar-refractivity contribution is 5.90. The van der Waals surface area contributed by atoms with Gasteiger partial charge in [-0.05, 0) is 13.8 Å². The van der Waals surface area contributed by atoms with Crippen molar-refractivity contribution < 1.29 is 9.59 Å². The zero-order valence-corrected chi connectivity index (χ0v) is 9.54. The van der Waals surface area contributed by atoms with E-state index in [1.165, 1.54) is 4.90 Å². The number of carbonyl (C=O) groups is 2. The Hall–Kier alpha value is -1.61. The molecule has 0 aromatic rings. The Morgan fingerprint density at radius 3 is 3.00 bits per heavy atom. The van der Waals surface area contributed by atoms with Crippen LogP contribution < -0.4 is 10.6 Å². The summed E-state index contributed by atoms with van der Waals surface area (Å²) in [5.74, 6) is -0.390. The molecule has 88 valence electrons. The molecule has 0 radical (unpaired) electrons. The fraction of sp³-hybridized carbons (Fsp3) is 0.700. The molecule has 2 amide bonds. The lowest BCUT2D eigenvalue weighted by molar-refractivity contribution is -0.143. The van der Waals surface area contributed by atoms with Crippen LogP contribution in [0.25, 0.3) is 0 Å². The summed E-state index contributed by atoms with van der Waals surface area (Å²) in [7, 11) is 0. The van der Waals surface area contributed by atoms with E-state index >= 15 is 0 Å². The number of hydrogen-bond donors (Lipinski definition) is 2. The van der Waals surface area contributed by atoms with Crippen molar-refractivity contribution in [2.24, 2.45) is 0 Å². The van der Waals surface area contributed by atoms with Gasteiger partial charge in [0, 0.05) is 13.1 Å². The summed E-state index contributed by atoms with van der Waals surface area (Å²) in [5, 5.41) is 13.8. The van der Waals surface area contributed by atoms with E-state index in [-0.39, 0.29) is 24.9 Å². The number of rotatable bonds is 3. The van der Waals surface area contributed by atoms with Gasteiger partial charge in [-0.3, -0.25) is 9.59 Å². The largest absolute Gasteiger partial charge is 0.341 e. The van der Waals surface area contributed by atoms with Crippen LogP contribution in [0.4, 0.5) is 0 Å². The molecule has 6 heteroatoms. The van der Waals surface area contributed by atoms with Gasteiger partial charge in [-0.25, -0.2) is 0 Å². The third-order valence-electron chi connectivity index (χ3n) is 2.47. The summed E-state index contributed by atoms with van der Waals surface area (Å²) in [6, 6.07) is 1.82. The first-order chi connectivity index (χ1) is 7.47. The third kappa shape index (κ3) is 2.94. The maximum atomic E-state index is 11.9. The van der Waals surface area contributed by atoms with E-state index in [9.17, 15) is 9.59 Å². The molecule has 0 bridgehead atoms. The average Bonchev–Trinajstić information content (AvgIpc) is 2.22. The molecule has 1 aliphatic rings. The van der Waals surface area contributed by atoms with Crippen molar-refractivity contribution in [1.29, 1.82) is 5.26 Å². The number of piperazine rings is 1. The zero-order chi connectivity index (χ0) is 12.2. The highest BCUT2D eigenvalue weighted by atomic mass is 16.2. The molecule has 1 rings (SSSR count). The predicted octanol–water partition coefficient (Wildman–Crippen LogP) is -1.16. The minimum Gasteiger partial charge on any atom is -0.341 e. The maximum Gasteiger partial charge on any atom is 0.242 e. The fourth-order valence-electron chi connectivity index (χ4n) is 1.59. The van der Waals surface area contributed by atoms with Gasteiger partial charge < -0.3 is 15.5 Å². The molecule has 0 unspecified atom stereocenters. The molecule has 0 saturated carbocycles. The first kappa shape index (κ1) is 12.5. The molecular formula is C10H16N4O2. The Labute approximate surface area is 94.6 Å². The van der Waals surface area contributed by atoms with Crippen molar-refractivity contribution in [2.75, 3.05) is 26.2 Å². The molecule has 6 nitrogen and oxygen atoms in total. The molecular weight excluding hydrogens is 208 g/mol. The van der Waals surface area contributed by atoms with E-state index in [2.05, 4.69) is 10.6 Å². The van der Waals surface area contributed by atoms with Gasteiger partial charge in [0.15, 0.2) is 0 Å². The van der Waals surface area contributed by atoms with Gasteiger partial charge in [0.2, 0.25) is 11.8 Å². The first-order valence-corrected chi connectivity index (χ1v) is 5.15. The van der Waals surface area contributed by atoms with Gasteiger partial charge in [0.05, 0.1) is 18.2 Å². The van der Waals surface area contributed by atoms with E-state index < -0.39 is 5.54 Å². The summed E-state index contributed by atoms with van der Waals surface area (Å²) >= 11 is 0. The fourth-order valence-corrected chi connectivity index (χ4v) is 1.59. The molecule has 0 atom stereocenters. The first-order valence-electron chi connectivity index (χ1n) is 5.15. The smallest absolute Gasteiger partial charge is 0.242 e. The third-order valence-corrected chi connectivity index (χ3v) is 2.47. The second kappa shape index (κ2) is 4.94. The Kier molecular flexibility index (Phi) is 3.85. The summed E-state index contributed by atoms with van der Waals surface area (Å²) in [5.41, 5.74) is -0.617. The molecule has 1 aliphatic heterocycles. The molecule has 0 aliphatic carbocycles. The number of carbonyl (C=O) groups excluding carboxylic acids is 2. The van der Waals surface area contributed by atoms with Gasteiger partial charge in [-0.1, -0.05) is 0 Å². The van der Waals surface area contributed by atoms with Crippen molar-refractivity contribution in [1.82, 2.24) is 15.5 Å². The minimum atomic E-state index is -0.617. The molecule has 1 heterocycles. The SMILES string of the molecule is CC1(C)NCCN(CC(=O)NCC#N)C1=O. The van der Waals surface area contributed by atoms with Gasteiger partial charge in [-0.15, -0.1) is 0 Å². The number of nitriles is 1. The number of nitrogens with zero attached hydrogens (tertiary/aromatic N) is 2. The topological polar surface area (TPSA) is 85.2 Å². The minimum absolute atomic E-state index is 0.0195. The Morgan fingerprint density at radius 1 is 1.69 bits per heavy atom. The van der Waals surface area contributed by atoms with Crippen LogP contribution in [-0.4, -0.2) is 48.4 Å². The lowest BCUT2D eigenvalue weighted by Crippen LogP contribution is -2.62. The van der Waals surface area contributed by atoms with Crippen LogP contribution in [0.1, 0.15) is 13.8 Å². The number of amides is 2. The van der Waals surface area contributed by atoms with Crippen molar-refractivity contribution in [3.63, 3.8) is 0 Å². The van der Waals surface area contributed by atoms with Crippen molar-refractivity contribution in [3.05, 3.63) is 0 Å². The maximum absolute atomic E-state index is 11.9. The molecule has 0 aromatic heterocycles. The predicted molar refractivity (Wildman–Crippen MR) is 57.3 cm³/mol. The summed E-state index contributed by atoms with van der Waals surface area (Å²) in [4.78, 5) is 24.7. The van der Waals surface area contributed by atoms with Crippen molar-refractivity contribution in [2.45, 2.75) is 19.4 Å². The molecule has 2 N–H and O–H groups in total. The molecule has 0 aromatic carbocycles. The zero-order valence-electron chi connectivity index (χ0n) is 9.54. The van der Waals surface area contributed by atoms with Gasteiger partial charge in [0.25, 0.3) is 0 Å². The normalized spacial score (nSPS) is 19.1. The van der Waals surface area contributed by atoms with Crippen LogP contribution in [0.3, 0.4) is 0 Å². The van der Waals surface area contributed by atoms with Crippen LogP contribution in [0, 0.1) is 11.3 Å².